The summed E-state index contributed by atoms with van der Waals surface area (Å²) in [7, 11) is 2.01. The highest BCUT2D eigenvalue weighted by atomic mass is 15.4. The first kappa shape index (κ1) is 7.97. The van der Waals surface area contributed by atoms with Gasteiger partial charge in [-0.25, -0.2) is 4.98 Å². The average Bonchev–Trinajstić information content (AvgIpc) is 2.63. The number of fused-ring (bicyclic) bond motifs is 1. The first-order valence-electron chi connectivity index (χ1n) is 4.19. The van der Waals surface area contributed by atoms with E-state index in [1.54, 1.807) is 10.7 Å². The van der Waals surface area contributed by atoms with Crippen LogP contribution in [0, 0.1) is 0 Å². The molecule has 0 fully saturated rings. The number of hydrogen-bond donors (Lipinski definition) is 0. The monoisotopic (exact) mass is 177 g/mol. The molecule has 0 unspecified atom stereocenters. The van der Waals surface area contributed by atoms with Crippen molar-refractivity contribution < 1.29 is 0 Å². The zero-order chi connectivity index (χ0) is 9.26. The summed E-state index contributed by atoms with van der Waals surface area (Å²) in [5.74, 6) is 1.64. The van der Waals surface area contributed by atoms with Crippen LogP contribution in [0.5, 0.6) is 0 Å². The van der Waals surface area contributed by atoms with Crippen LogP contribution in [-0.4, -0.2) is 33.2 Å². The fourth-order valence-electron chi connectivity index (χ4n) is 1.18. The average molecular weight is 177 g/mol. The summed E-state index contributed by atoms with van der Waals surface area (Å²) < 4.78 is 1.73. The molecular formula is C8H11N5. The second-order valence-electron chi connectivity index (χ2n) is 2.79. The highest BCUT2D eigenvalue weighted by Gasteiger charge is 2.05. The molecule has 2 aromatic heterocycles. The molecule has 68 valence electrons. The Hall–Kier alpha value is -1.65. The third-order valence-corrected chi connectivity index (χ3v) is 2.03. The Morgan fingerprint density at radius 1 is 1.46 bits per heavy atom. The molecule has 13 heavy (non-hydrogen) atoms. The topological polar surface area (TPSA) is 46.3 Å². The summed E-state index contributed by atoms with van der Waals surface area (Å²) >= 11 is 0. The highest BCUT2D eigenvalue weighted by molar-refractivity contribution is 5.43. The maximum Gasteiger partial charge on any atom is 0.254 e. The van der Waals surface area contributed by atoms with Gasteiger partial charge in [-0.05, 0) is 13.0 Å². The van der Waals surface area contributed by atoms with Crippen LogP contribution in [0.4, 0.5) is 5.82 Å². The molecule has 0 aromatic carbocycles. The lowest BCUT2D eigenvalue weighted by Gasteiger charge is -2.16. The number of aromatic nitrogens is 4. The predicted octanol–water partition coefficient (Wildman–Crippen LogP) is 0.580. The van der Waals surface area contributed by atoms with Gasteiger partial charge >= 0.3 is 0 Å². The van der Waals surface area contributed by atoms with Gasteiger partial charge in [-0.3, -0.25) is 0 Å². The van der Waals surface area contributed by atoms with E-state index in [1.807, 2.05) is 13.1 Å². The zero-order valence-electron chi connectivity index (χ0n) is 7.68. The molecule has 0 saturated carbocycles. The van der Waals surface area contributed by atoms with Crippen LogP contribution < -0.4 is 4.90 Å². The quantitative estimate of drug-likeness (QED) is 0.673. The molecule has 0 aliphatic rings. The summed E-state index contributed by atoms with van der Waals surface area (Å²) in [6.07, 6.45) is 3.25. The Kier molecular flexibility index (Phi) is 1.84. The third-order valence-electron chi connectivity index (χ3n) is 2.03. The maximum absolute atomic E-state index is 4.09. The van der Waals surface area contributed by atoms with E-state index in [4.69, 9.17) is 0 Å². The normalized spacial score (nSPS) is 10.6. The molecule has 2 heterocycles. The van der Waals surface area contributed by atoms with Gasteiger partial charge < -0.3 is 4.90 Å². The molecule has 0 bridgehead atoms. The lowest BCUT2D eigenvalue weighted by molar-refractivity contribution is 0.853. The number of rotatable bonds is 2. The van der Waals surface area contributed by atoms with Gasteiger partial charge in [0.25, 0.3) is 5.78 Å². The Labute approximate surface area is 76.0 Å². The third kappa shape index (κ3) is 1.22. The first-order valence-corrected chi connectivity index (χ1v) is 4.19. The zero-order valence-corrected chi connectivity index (χ0v) is 7.68. The van der Waals surface area contributed by atoms with Crippen LogP contribution in [0.25, 0.3) is 5.78 Å². The van der Waals surface area contributed by atoms with E-state index in [1.165, 1.54) is 6.33 Å². The van der Waals surface area contributed by atoms with Crippen molar-refractivity contribution in [1.29, 1.82) is 0 Å². The molecule has 0 spiro atoms. The van der Waals surface area contributed by atoms with Crippen molar-refractivity contribution in [2.45, 2.75) is 6.92 Å². The van der Waals surface area contributed by atoms with E-state index in [0.29, 0.717) is 5.78 Å². The lowest BCUT2D eigenvalue weighted by Crippen LogP contribution is -2.19. The smallest absolute Gasteiger partial charge is 0.254 e. The number of anilines is 1. The Bertz CT molecular complexity index is 408. The van der Waals surface area contributed by atoms with Gasteiger partial charge in [-0.2, -0.15) is 14.6 Å². The summed E-state index contributed by atoms with van der Waals surface area (Å²) in [6.45, 7) is 3.02. The molecule has 0 aliphatic carbocycles. The molecular weight excluding hydrogens is 166 g/mol. The van der Waals surface area contributed by atoms with E-state index in [0.717, 1.165) is 12.4 Å². The minimum atomic E-state index is 0.637. The van der Waals surface area contributed by atoms with Crippen molar-refractivity contribution in [2.24, 2.45) is 0 Å². The molecule has 5 heteroatoms. The van der Waals surface area contributed by atoms with E-state index in [9.17, 15) is 0 Å². The molecule has 0 amide bonds. The van der Waals surface area contributed by atoms with E-state index in [2.05, 4.69) is 26.9 Å². The molecule has 0 N–H and O–H groups in total. The molecule has 5 nitrogen and oxygen atoms in total. The van der Waals surface area contributed by atoms with Crippen molar-refractivity contribution in [3.8, 4) is 0 Å². The second kappa shape index (κ2) is 3.01. The van der Waals surface area contributed by atoms with Crippen LogP contribution in [0.1, 0.15) is 6.92 Å². The van der Waals surface area contributed by atoms with Crippen LogP contribution in [0.3, 0.4) is 0 Å². The predicted molar refractivity (Wildman–Crippen MR) is 49.7 cm³/mol. The van der Waals surface area contributed by atoms with Crippen LogP contribution in [0.15, 0.2) is 18.6 Å². The lowest BCUT2D eigenvalue weighted by atomic mass is 10.5. The van der Waals surface area contributed by atoms with E-state index in [-0.39, 0.29) is 0 Å². The summed E-state index contributed by atoms with van der Waals surface area (Å²) in [4.78, 5) is 10.2. The Balaban J connectivity index is 2.60. The number of nitrogens with zero attached hydrogens (tertiary/aromatic N) is 5. The van der Waals surface area contributed by atoms with Crippen molar-refractivity contribution in [3.05, 3.63) is 18.6 Å². The fourth-order valence-corrected chi connectivity index (χ4v) is 1.18. The minimum Gasteiger partial charge on any atom is -0.360 e. The highest BCUT2D eigenvalue weighted by Crippen LogP contribution is 2.10. The molecule has 0 atom stereocenters. The summed E-state index contributed by atoms with van der Waals surface area (Å²) in [6, 6.07) is 1.92. The van der Waals surface area contributed by atoms with Crippen LogP contribution in [-0.2, 0) is 0 Å². The van der Waals surface area contributed by atoms with Gasteiger partial charge in [0.2, 0.25) is 0 Å². The van der Waals surface area contributed by atoms with Crippen molar-refractivity contribution >= 4 is 11.6 Å². The van der Waals surface area contributed by atoms with Gasteiger partial charge in [0.1, 0.15) is 12.1 Å². The fraction of sp³-hybridized carbons (Fsp3) is 0.375. The van der Waals surface area contributed by atoms with E-state index < -0.39 is 0 Å². The number of hydrogen-bond acceptors (Lipinski definition) is 4. The van der Waals surface area contributed by atoms with Gasteiger partial charge in [0.15, 0.2) is 0 Å². The van der Waals surface area contributed by atoms with Crippen LogP contribution in [0.2, 0.25) is 0 Å². The maximum atomic E-state index is 4.09. The van der Waals surface area contributed by atoms with Crippen LogP contribution >= 0.6 is 0 Å². The molecule has 0 radical (unpaired) electrons. The minimum absolute atomic E-state index is 0.637. The summed E-state index contributed by atoms with van der Waals surface area (Å²) in [5.41, 5.74) is 0. The SMILES string of the molecule is CCN(C)c1ccnc2ncnn12. The molecule has 0 saturated heterocycles. The molecule has 2 rings (SSSR count). The Morgan fingerprint density at radius 2 is 2.31 bits per heavy atom. The van der Waals surface area contributed by atoms with Crippen molar-refractivity contribution in [2.75, 3.05) is 18.5 Å². The van der Waals surface area contributed by atoms with Gasteiger partial charge in [0, 0.05) is 19.8 Å². The first-order chi connectivity index (χ1) is 6.33. The largest absolute Gasteiger partial charge is 0.360 e. The standard InChI is InChI=1S/C8H11N5/c1-3-12(2)7-4-5-9-8-10-6-11-13(7)8/h4-6H,3H2,1-2H3. The van der Waals surface area contributed by atoms with Gasteiger partial charge in [-0.1, -0.05) is 0 Å². The van der Waals surface area contributed by atoms with Gasteiger partial charge in [-0.15, -0.1) is 0 Å². The van der Waals surface area contributed by atoms with Crippen molar-refractivity contribution in [1.82, 2.24) is 19.6 Å². The molecule has 2 aromatic rings. The van der Waals surface area contributed by atoms with Gasteiger partial charge in [0.05, 0.1) is 0 Å². The second-order valence-corrected chi connectivity index (χ2v) is 2.79. The van der Waals surface area contributed by atoms with Crippen molar-refractivity contribution in [3.63, 3.8) is 0 Å². The summed E-state index contributed by atoms with van der Waals surface area (Å²) in [5, 5.41) is 4.09. The molecule has 0 aliphatic heterocycles. The van der Waals surface area contributed by atoms with E-state index >= 15 is 0 Å². The Morgan fingerprint density at radius 3 is 3.08 bits per heavy atom.